The van der Waals surface area contributed by atoms with Crippen LogP contribution in [0, 0.1) is 5.92 Å². The molecule has 0 heterocycles. The second kappa shape index (κ2) is 8.76. The van der Waals surface area contributed by atoms with E-state index in [2.05, 4.69) is 16.2 Å². The van der Waals surface area contributed by atoms with Crippen LogP contribution >= 0.6 is 12.2 Å². The van der Waals surface area contributed by atoms with Gasteiger partial charge in [0.2, 0.25) is 11.8 Å². The SMILES string of the molecule is O=C(Cc1cccc2ccccc12)NNC(=S)NC(=O)CC1CCCC1. The van der Waals surface area contributed by atoms with E-state index in [0.717, 1.165) is 29.2 Å². The molecule has 0 spiro atoms. The molecule has 3 rings (SSSR count). The topological polar surface area (TPSA) is 70.2 Å². The van der Waals surface area contributed by atoms with Gasteiger partial charge in [0.05, 0.1) is 6.42 Å². The van der Waals surface area contributed by atoms with E-state index < -0.39 is 0 Å². The number of carbonyl (C=O) groups excluding carboxylic acids is 2. The molecule has 5 nitrogen and oxygen atoms in total. The predicted octanol–water partition coefficient (Wildman–Crippen LogP) is 2.98. The Bertz CT molecular complexity index is 810. The fourth-order valence-corrected chi connectivity index (χ4v) is 3.64. The highest BCUT2D eigenvalue weighted by Crippen LogP contribution is 2.27. The molecule has 0 bridgehead atoms. The zero-order chi connectivity index (χ0) is 18.4. The third-order valence-electron chi connectivity index (χ3n) is 4.75. The lowest BCUT2D eigenvalue weighted by molar-refractivity contribution is -0.122. The quantitative estimate of drug-likeness (QED) is 0.572. The van der Waals surface area contributed by atoms with Crippen molar-refractivity contribution in [3.63, 3.8) is 0 Å². The largest absolute Gasteiger partial charge is 0.302 e. The maximum atomic E-state index is 12.2. The minimum absolute atomic E-state index is 0.0993. The lowest BCUT2D eigenvalue weighted by atomic mass is 10.0. The van der Waals surface area contributed by atoms with Crippen molar-refractivity contribution in [1.29, 1.82) is 0 Å². The van der Waals surface area contributed by atoms with Crippen molar-refractivity contribution >= 4 is 39.9 Å². The highest BCUT2D eigenvalue weighted by atomic mass is 32.1. The number of rotatable bonds is 4. The van der Waals surface area contributed by atoms with Crippen molar-refractivity contribution < 1.29 is 9.59 Å². The van der Waals surface area contributed by atoms with Crippen molar-refractivity contribution in [1.82, 2.24) is 16.2 Å². The van der Waals surface area contributed by atoms with E-state index in [1.165, 1.54) is 12.8 Å². The first-order valence-electron chi connectivity index (χ1n) is 8.97. The average molecular weight is 369 g/mol. The second-order valence-electron chi connectivity index (χ2n) is 6.72. The van der Waals surface area contributed by atoms with Gasteiger partial charge in [-0.1, -0.05) is 55.3 Å². The summed E-state index contributed by atoms with van der Waals surface area (Å²) in [6.45, 7) is 0. The van der Waals surface area contributed by atoms with Crippen molar-refractivity contribution in [2.24, 2.45) is 5.92 Å². The minimum Gasteiger partial charge on any atom is -0.302 e. The molecule has 0 aliphatic heterocycles. The molecule has 1 aliphatic carbocycles. The Labute approximate surface area is 158 Å². The number of thiocarbonyl (C=S) groups is 1. The fourth-order valence-electron chi connectivity index (χ4n) is 3.48. The molecule has 1 fully saturated rings. The van der Waals surface area contributed by atoms with Crippen LogP contribution in [0.25, 0.3) is 10.8 Å². The van der Waals surface area contributed by atoms with Gasteiger partial charge in [0.15, 0.2) is 5.11 Å². The molecule has 0 atom stereocenters. The van der Waals surface area contributed by atoms with Gasteiger partial charge in [0, 0.05) is 6.42 Å². The molecular formula is C20H23N3O2S. The Balaban J connectivity index is 1.46. The molecule has 0 saturated heterocycles. The van der Waals surface area contributed by atoms with Crippen LogP contribution in [0.15, 0.2) is 42.5 Å². The third-order valence-corrected chi connectivity index (χ3v) is 4.95. The third kappa shape index (κ3) is 5.02. The first-order chi connectivity index (χ1) is 12.6. The summed E-state index contributed by atoms with van der Waals surface area (Å²) in [5, 5.41) is 4.90. The van der Waals surface area contributed by atoms with Crippen molar-refractivity contribution in [3.05, 3.63) is 48.0 Å². The van der Waals surface area contributed by atoms with Crippen molar-refractivity contribution in [3.8, 4) is 0 Å². The van der Waals surface area contributed by atoms with E-state index in [9.17, 15) is 9.59 Å². The van der Waals surface area contributed by atoms with Crippen LogP contribution < -0.4 is 16.2 Å². The molecule has 0 radical (unpaired) electrons. The molecule has 2 aromatic carbocycles. The molecule has 26 heavy (non-hydrogen) atoms. The van der Waals surface area contributed by atoms with E-state index in [4.69, 9.17) is 12.2 Å². The smallest absolute Gasteiger partial charge is 0.242 e. The Morgan fingerprint density at radius 2 is 1.69 bits per heavy atom. The number of benzene rings is 2. The van der Waals surface area contributed by atoms with E-state index >= 15 is 0 Å². The molecule has 3 N–H and O–H groups in total. The molecule has 136 valence electrons. The lowest BCUT2D eigenvalue weighted by Crippen LogP contribution is -2.49. The van der Waals surface area contributed by atoms with Gasteiger partial charge in [-0.25, -0.2) is 0 Å². The maximum Gasteiger partial charge on any atom is 0.242 e. The van der Waals surface area contributed by atoms with Gasteiger partial charge in [-0.15, -0.1) is 0 Å². The minimum atomic E-state index is -0.214. The van der Waals surface area contributed by atoms with Crippen LogP contribution in [-0.4, -0.2) is 16.9 Å². The lowest BCUT2D eigenvalue weighted by Gasteiger charge is -2.13. The van der Waals surface area contributed by atoms with Gasteiger partial charge in [-0.05, 0) is 47.3 Å². The molecule has 1 saturated carbocycles. The Hall–Kier alpha value is -2.47. The van der Waals surface area contributed by atoms with E-state index in [0.29, 0.717) is 12.3 Å². The Morgan fingerprint density at radius 3 is 2.50 bits per heavy atom. The summed E-state index contributed by atoms with van der Waals surface area (Å²) in [5.74, 6) is 0.144. The Kier molecular flexibility index (Phi) is 6.17. The molecular weight excluding hydrogens is 346 g/mol. The zero-order valence-corrected chi connectivity index (χ0v) is 15.4. The van der Waals surface area contributed by atoms with Crippen LogP contribution in [0.5, 0.6) is 0 Å². The van der Waals surface area contributed by atoms with Crippen LogP contribution in [0.3, 0.4) is 0 Å². The Morgan fingerprint density at radius 1 is 0.962 bits per heavy atom. The summed E-state index contributed by atoms with van der Waals surface area (Å²) in [5.41, 5.74) is 6.10. The van der Waals surface area contributed by atoms with Crippen molar-refractivity contribution in [2.75, 3.05) is 0 Å². The number of hydrogen-bond donors (Lipinski definition) is 3. The van der Waals surface area contributed by atoms with E-state index in [-0.39, 0.29) is 23.3 Å². The van der Waals surface area contributed by atoms with Crippen molar-refractivity contribution in [2.45, 2.75) is 38.5 Å². The first-order valence-corrected chi connectivity index (χ1v) is 9.38. The molecule has 0 unspecified atom stereocenters. The number of nitrogens with one attached hydrogen (secondary N) is 3. The van der Waals surface area contributed by atoms with Crippen LogP contribution in [-0.2, 0) is 16.0 Å². The van der Waals surface area contributed by atoms with Gasteiger partial charge < -0.3 is 5.32 Å². The summed E-state index contributed by atoms with van der Waals surface area (Å²) in [6, 6.07) is 13.8. The highest BCUT2D eigenvalue weighted by Gasteiger charge is 2.19. The number of amides is 2. The van der Waals surface area contributed by atoms with Gasteiger partial charge >= 0.3 is 0 Å². The summed E-state index contributed by atoms with van der Waals surface area (Å²) in [7, 11) is 0. The normalized spacial score (nSPS) is 14.2. The van der Waals surface area contributed by atoms with Gasteiger partial charge in [-0.2, -0.15) is 0 Å². The predicted molar refractivity (Wildman–Crippen MR) is 106 cm³/mol. The standard InChI is InChI=1S/C20H23N3O2S/c24-18(12-14-6-1-2-7-14)21-20(26)23-22-19(25)13-16-10-5-9-15-8-3-4-11-17(15)16/h3-5,8-11,14H,1-2,6-7,12-13H2,(H,22,25)(H2,21,23,24,26). The molecule has 0 aromatic heterocycles. The van der Waals surface area contributed by atoms with E-state index in [1.807, 2.05) is 42.5 Å². The summed E-state index contributed by atoms with van der Waals surface area (Å²) in [6.07, 6.45) is 5.33. The molecule has 2 aromatic rings. The fraction of sp³-hybridized carbons (Fsp3) is 0.350. The van der Waals surface area contributed by atoms with Gasteiger partial charge in [-0.3, -0.25) is 20.4 Å². The summed E-state index contributed by atoms with van der Waals surface area (Å²) in [4.78, 5) is 24.1. The van der Waals surface area contributed by atoms with E-state index in [1.54, 1.807) is 0 Å². The van der Waals surface area contributed by atoms with Crippen LogP contribution in [0.2, 0.25) is 0 Å². The number of fused-ring (bicyclic) bond motifs is 1. The number of carbonyl (C=O) groups is 2. The molecule has 2 amide bonds. The molecule has 6 heteroatoms. The van der Waals surface area contributed by atoms with Gasteiger partial charge in [0.25, 0.3) is 0 Å². The van der Waals surface area contributed by atoms with Crippen LogP contribution in [0.4, 0.5) is 0 Å². The number of hydrogen-bond acceptors (Lipinski definition) is 3. The highest BCUT2D eigenvalue weighted by molar-refractivity contribution is 7.80. The first kappa shape index (κ1) is 18.3. The molecule has 1 aliphatic rings. The summed E-state index contributed by atoms with van der Waals surface area (Å²) < 4.78 is 0. The monoisotopic (exact) mass is 369 g/mol. The summed E-state index contributed by atoms with van der Waals surface area (Å²) >= 11 is 5.07. The number of hydrazine groups is 1. The van der Waals surface area contributed by atoms with Crippen LogP contribution in [0.1, 0.15) is 37.7 Å². The zero-order valence-electron chi connectivity index (χ0n) is 14.6. The second-order valence-corrected chi connectivity index (χ2v) is 7.13. The average Bonchev–Trinajstić information content (AvgIpc) is 3.13. The van der Waals surface area contributed by atoms with Gasteiger partial charge in [0.1, 0.15) is 0 Å². The maximum absolute atomic E-state index is 12.2.